The predicted octanol–water partition coefficient (Wildman–Crippen LogP) is 6.22. The second-order valence-electron chi connectivity index (χ2n) is 10.3. The summed E-state index contributed by atoms with van der Waals surface area (Å²) >= 11 is 6.00. The molecule has 3 heterocycles. The molecule has 0 unspecified atom stereocenters. The largest absolute Gasteiger partial charge is 0.416 e. The van der Waals surface area contributed by atoms with Gasteiger partial charge < -0.3 is 19.7 Å². The fourth-order valence-electron chi connectivity index (χ4n) is 4.77. The second kappa shape index (κ2) is 12.3. The van der Waals surface area contributed by atoms with Crippen LogP contribution in [-0.2, 0) is 12.7 Å². The minimum atomic E-state index is -4.46. The van der Waals surface area contributed by atoms with Gasteiger partial charge in [0.2, 0.25) is 5.82 Å². The number of urea groups is 1. The Morgan fingerprint density at radius 1 is 0.953 bits per heavy atom. The normalized spacial score (nSPS) is 13.6. The molecule has 2 aromatic carbocycles. The number of carbonyl (C=O) groups excluding carboxylic acids is 2. The molecule has 3 amide bonds. The number of nitrogens with zero attached hydrogens (tertiary/aromatic N) is 5. The van der Waals surface area contributed by atoms with Gasteiger partial charge in [0, 0.05) is 55.8 Å². The molecule has 2 N–H and O–H groups in total. The Hall–Kier alpha value is -4.58. The number of alkyl halides is 3. The SMILES string of the molecule is Cc1ccnc(N2CCN(C(=O)c3nc(NC(=O)Nc4ccc(Cl)cc4C)cn3Cc3ccc(C(F)(F)F)cc3)CC2)c1. The first-order valence-electron chi connectivity index (χ1n) is 13.5. The molecular weight excluding hydrogens is 583 g/mol. The van der Waals surface area contributed by atoms with E-state index in [4.69, 9.17) is 11.6 Å². The quantitative estimate of drug-likeness (QED) is 0.270. The highest BCUT2D eigenvalue weighted by atomic mass is 35.5. The van der Waals surface area contributed by atoms with E-state index in [2.05, 4.69) is 25.5 Å². The summed E-state index contributed by atoms with van der Waals surface area (Å²) in [5, 5.41) is 5.91. The van der Waals surface area contributed by atoms with Crippen molar-refractivity contribution in [1.29, 1.82) is 0 Å². The lowest BCUT2D eigenvalue weighted by atomic mass is 10.1. The van der Waals surface area contributed by atoms with Crippen LogP contribution in [0.2, 0.25) is 5.02 Å². The molecule has 0 radical (unpaired) electrons. The van der Waals surface area contributed by atoms with Crippen molar-refractivity contribution in [1.82, 2.24) is 19.4 Å². The van der Waals surface area contributed by atoms with E-state index >= 15 is 0 Å². The topological polar surface area (TPSA) is 95.4 Å². The van der Waals surface area contributed by atoms with Crippen LogP contribution in [0.25, 0.3) is 0 Å². The van der Waals surface area contributed by atoms with Crippen LogP contribution in [-0.4, -0.2) is 57.6 Å². The number of rotatable bonds is 6. The zero-order valence-electron chi connectivity index (χ0n) is 23.5. The maximum absolute atomic E-state index is 13.7. The Labute approximate surface area is 251 Å². The van der Waals surface area contributed by atoms with E-state index < -0.39 is 17.8 Å². The van der Waals surface area contributed by atoms with Crippen LogP contribution < -0.4 is 15.5 Å². The number of pyridine rings is 1. The fraction of sp³-hybridized carbons (Fsp3) is 0.267. The van der Waals surface area contributed by atoms with Gasteiger partial charge in [-0.15, -0.1) is 0 Å². The van der Waals surface area contributed by atoms with Crippen molar-refractivity contribution < 1.29 is 22.8 Å². The number of amides is 3. The average Bonchev–Trinajstić information content (AvgIpc) is 3.35. The first kappa shape index (κ1) is 29.9. The Morgan fingerprint density at radius 3 is 2.33 bits per heavy atom. The van der Waals surface area contributed by atoms with Crippen LogP contribution in [0.4, 0.5) is 35.3 Å². The van der Waals surface area contributed by atoms with Crippen molar-refractivity contribution in [2.45, 2.75) is 26.6 Å². The van der Waals surface area contributed by atoms with Crippen LogP contribution in [0, 0.1) is 13.8 Å². The molecule has 0 spiro atoms. The molecule has 43 heavy (non-hydrogen) atoms. The summed E-state index contributed by atoms with van der Waals surface area (Å²) in [5.74, 6) is 0.650. The van der Waals surface area contributed by atoms with Crippen molar-refractivity contribution in [2.75, 3.05) is 41.7 Å². The molecule has 2 aromatic heterocycles. The maximum Gasteiger partial charge on any atom is 0.416 e. The number of benzene rings is 2. The third kappa shape index (κ3) is 7.26. The number of aryl methyl sites for hydroxylation is 2. The van der Waals surface area contributed by atoms with Crippen molar-refractivity contribution >= 4 is 40.9 Å². The van der Waals surface area contributed by atoms with E-state index in [-0.39, 0.29) is 24.1 Å². The zero-order valence-corrected chi connectivity index (χ0v) is 24.2. The predicted molar refractivity (Wildman–Crippen MR) is 159 cm³/mol. The smallest absolute Gasteiger partial charge is 0.353 e. The first-order valence-corrected chi connectivity index (χ1v) is 13.9. The van der Waals surface area contributed by atoms with Gasteiger partial charge in [0.25, 0.3) is 5.91 Å². The number of nitrogens with one attached hydrogen (secondary N) is 2. The summed E-state index contributed by atoms with van der Waals surface area (Å²) in [6, 6.07) is 13.0. The number of carbonyl (C=O) groups is 2. The van der Waals surface area contributed by atoms with Crippen LogP contribution in [0.3, 0.4) is 0 Å². The minimum Gasteiger partial charge on any atom is -0.353 e. The molecule has 0 bridgehead atoms. The summed E-state index contributed by atoms with van der Waals surface area (Å²) in [5.41, 5.74) is 2.15. The van der Waals surface area contributed by atoms with Gasteiger partial charge >= 0.3 is 12.2 Å². The monoisotopic (exact) mass is 611 g/mol. The van der Waals surface area contributed by atoms with Gasteiger partial charge in [0.05, 0.1) is 5.56 Å². The lowest BCUT2D eigenvalue weighted by molar-refractivity contribution is -0.137. The molecular formula is C30H29ClF3N7O2. The first-order chi connectivity index (χ1) is 20.5. The second-order valence-corrected chi connectivity index (χ2v) is 10.7. The number of anilines is 3. The van der Waals surface area contributed by atoms with Gasteiger partial charge in [-0.1, -0.05) is 23.7 Å². The van der Waals surface area contributed by atoms with Crippen molar-refractivity contribution in [2.24, 2.45) is 0 Å². The summed E-state index contributed by atoms with van der Waals surface area (Å²) in [4.78, 5) is 39.1. The Bertz CT molecular complexity index is 1630. The fourth-order valence-corrected chi connectivity index (χ4v) is 5.00. The summed E-state index contributed by atoms with van der Waals surface area (Å²) in [6.45, 7) is 5.82. The van der Waals surface area contributed by atoms with E-state index in [1.54, 1.807) is 36.2 Å². The third-order valence-electron chi connectivity index (χ3n) is 7.07. The van der Waals surface area contributed by atoms with Crippen LogP contribution in [0.5, 0.6) is 0 Å². The Morgan fingerprint density at radius 2 is 1.67 bits per heavy atom. The number of aromatic nitrogens is 3. The van der Waals surface area contributed by atoms with E-state index in [0.717, 1.165) is 29.1 Å². The molecule has 224 valence electrons. The number of hydrogen-bond acceptors (Lipinski definition) is 5. The van der Waals surface area contributed by atoms with Gasteiger partial charge in [-0.05, 0) is 73.0 Å². The van der Waals surface area contributed by atoms with Crippen molar-refractivity contribution in [3.05, 3.63) is 100 Å². The molecule has 0 saturated carbocycles. The van der Waals surface area contributed by atoms with Gasteiger partial charge in [-0.2, -0.15) is 13.2 Å². The molecule has 4 aromatic rings. The zero-order chi connectivity index (χ0) is 30.7. The van der Waals surface area contributed by atoms with Gasteiger partial charge in [-0.25, -0.2) is 14.8 Å². The van der Waals surface area contributed by atoms with E-state index in [9.17, 15) is 22.8 Å². The van der Waals surface area contributed by atoms with Crippen molar-refractivity contribution in [3.8, 4) is 0 Å². The van der Waals surface area contributed by atoms with Crippen LogP contribution in [0.1, 0.15) is 32.9 Å². The standard InChI is InChI=1S/C30H29ClF3N7O2/c1-19-9-10-35-26(15-19)39-11-13-40(14-12-39)28(42)27-37-25(38-29(43)36-24-8-7-23(31)16-20(24)2)18-41(27)17-21-3-5-22(6-4-21)30(32,33)34/h3-10,15-16,18H,11-14,17H2,1-2H3,(H2,36,38,43). The molecule has 9 nitrogen and oxygen atoms in total. The number of hydrogen-bond donors (Lipinski definition) is 2. The molecule has 5 rings (SSSR count). The third-order valence-corrected chi connectivity index (χ3v) is 7.31. The maximum atomic E-state index is 13.7. The molecule has 0 atom stereocenters. The highest BCUT2D eigenvalue weighted by Crippen LogP contribution is 2.29. The molecule has 13 heteroatoms. The highest BCUT2D eigenvalue weighted by Gasteiger charge is 2.30. The highest BCUT2D eigenvalue weighted by molar-refractivity contribution is 6.30. The van der Waals surface area contributed by atoms with Gasteiger partial charge in [-0.3, -0.25) is 10.1 Å². The lowest BCUT2D eigenvalue weighted by Crippen LogP contribution is -2.49. The minimum absolute atomic E-state index is 0.0556. The van der Waals surface area contributed by atoms with Gasteiger partial charge in [0.15, 0.2) is 5.82 Å². The summed E-state index contributed by atoms with van der Waals surface area (Å²) in [6.07, 6.45) is -1.22. The molecule has 1 aliphatic heterocycles. The Balaban J connectivity index is 1.35. The Kier molecular flexibility index (Phi) is 8.58. The van der Waals surface area contributed by atoms with E-state index in [0.29, 0.717) is 42.5 Å². The molecule has 1 saturated heterocycles. The summed E-state index contributed by atoms with van der Waals surface area (Å²) < 4.78 is 40.8. The number of piperazine rings is 1. The number of imidazole rings is 1. The average molecular weight is 612 g/mol. The summed E-state index contributed by atoms with van der Waals surface area (Å²) in [7, 11) is 0. The molecule has 0 aliphatic carbocycles. The number of halogens is 4. The van der Waals surface area contributed by atoms with E-state index in [1.807, 2.05) is 19.1 Å². The van der Waals surface area contributed by atoms with E-state index in [1.165, 1.54) is 22.9 Å². The molecule has 1 aliphatic rings. The van der Waals surface area contributed by atoms with Crippen LogP contribution >= 0.6 is 11.6 Å². The van der Waals surface area contributed by atoms with Crippen molar-refractivity contribution in [3.63, 3.8) is 0 Å². The molecule has 1 fully saturated rings. The van der Waals surface area contributed by atoms with Gasteiger partial charge in [0.1, 0.15) is 5.82 Å². The van der Waals surface area contributed by atoms with Crippen LogP contribution in [0.15, 0.2) is 67.0 Å². The lowest BCUT2D eigenvalue weighted by Gasteiger charge is -2.35.